The minimum Gasteiger partial charge on any atom is -0.322 e. The summed E-state index contributed by atoms with van der Waals surface area (Å²) in [5.41, 5.74) is 9.22. The van der Waals surface area contributed by atoms with Gasteiger partial charge in [0.1, 0.15) is 5.82 Å². The Morgan fingerprint density at radius 1 is 1.25 bits per heavy atom. The maximum atomic E-state index is 12.0. The summed E-state index contributed by atoms with van der Waals surface area (Å²) in [6, 6.07) is 9.56. The van der Waals surface area contributed by atoms with Crippen molar-refractivity contribution >= 4 is 0 Å². The van der Waals surface area contributed by atoms with E-state index in [1.165, 1.54) is 5.56 Å². The number of hydrogen-bond donors (Lipinski definition) is 1. The van der Waals surface area contributed by atoms with Gasteiger partial charge in [0.25, 0.3) is 5.56 Å². The molecule has 0 spiro atoms. The van der Waals surface area contributed by atoms with Gasteiger partial charge in [0.05, 0.1) is 0 Å². The van der Waals surface area contributed by atoms with Crippen LogP contribution in [-0.4, -0.2) is 9.55 Å². The topological polar surface area (TPSA) is 60.9 Å². The second-order valence-electron chi connectivity index (χ2n) is 5.10. The van der Waals surface area contributed by atoms with Gasteiger partial charge in [-0.25, -0.2) is 4.98 Å². The molecule has 0 aliphatic carbocycles. The summed E-state index contributed by atoms with van der Waals surface area (Å²) in [4.78, 5) is 16.3. The molecule has 2 rings (SSSR count). The van der Waals surface area contributed by atoms with Gasteiger partial charge in [-0.15, -0.1) is 0 Å². The van der Waals surface area contributed by atoms with E-state index >= 15 is 0 Å². The molecule has 1 unspecified atom stereocenters. The summed E-state index contributed by atoms with van der Waals surface area (Å²) in [6.07, 6.45) is 1.01. The Bertz CT molecular complexity index is 644. The van der Waals surface area contributed by atoms with Gasteiger partial charge in [0.2, 0.25) is 0 Å². The van der Waals surface area contributed by atoms with Gasteiger partial charge in [0.15, 0.2) is 0 Å². The summed E-state index contributed by atoms with van der Waals surface area (Å²) < 4.78 is 1.63. The zero-order valence-corrected chi connectivity index (χ0v) is 12.3. The van der Waals surface area contributed by atoms with Crippen LogP contribution in [0.25, 0.3) is 0 Å². The van der Waals surface area contributed by atoms with Crippen LogP contribution in [0.15, 0.2) is 35.1 Å². The van der Waals surface area contributed by atoms with E-state index in [0.717, 1.165) is 17.7 Å². The highest BCUT2D eigenvalue weighted by Crippen LogP contribution is 2.14. The zero-order chi connectivity index (χ0) is 14.7. The van der Waals surface area contributed by atoms with E-state index < -0.39 is 0 Å². The summed E-state index contributed by atoms with van der Waals surface area (Å²) >= 11 is 0. The van der Waals surface area contributed by atoms with Crippen LogP contribution in [0.1, 0.15) is 35.6 Å². The first kappa shape index (κ1) is 14.5. The Morgan fingerprint density at radius 3 is 2.45 bits per heavy atom. The van der Waals surface area contributed by atoms with Crippen molar-refractivity contribution in [1.82, 2.24) is 9.55 Å². The van der Waals surface area contributed by atoms with Crippen molar-refractivity contribution in [2.75, 3.05) is 0 Å². The maximum Gasteiger partial charge on any atom is 0.253 e. The Balaban J connectivity index is 2.23. The molecular formula is C16H21N3O. The standard InChI is InChI=1S/C16H21N3O/c1-4-13-5-7-14(8-6-13)15(17)10-19-12(3)18-11(2)9-16(19)20/h5-9,15H,4,10,17H2,1-3H3. The van der Waals surface area contributed by atoms with Gasteiger partial charge in [-0.1, -0.05) is 31.2 Å². The minimum absolute atomic E-state index is 0.0457. The first-order chi connectivity index (χ1) is 9.51. The van der Waals surface area contributed by atoms with E-state index in [1.54, 1.807) is 10.6 Å². The third-order valence-corrected chi connectivity index (χ3v) is 3.52. The smallest absolute Gasteiger partial charge is 0.253 e. The molecule has 0 saturated heterocycles. The molecule has 0 fully saturated rings. The van der Waals surface area contributed by atoms with Crippen molar-refractivity contribution in [2.24, 2.45) is 5.73 Å². The van der Waals surface area contributed by atoms with Gasteiger partial charge in [-0.3, -0.25) is 9.36 Å². The normalized spacial score (nSPS) is 12.4. The van der Waals surface area contributed by atoms with Crippen LogP contribution in [0.3, 0.4) is 0 Å². The van der Waals surface area contributed by atoms with Crippen molar-refractivity contribution in [1.29, 1.82) is 0 Å². The van der Waals surface area contributed by atoms with Crippen LogP contribution in [-0.2, 0) is 13.0 Å². The Morgan fingerprint density at radius 2 is 1.90 bits per heavy atom. The fourth-order valence-corrected chi connectivity index (χ4v) is 2.29. The van der Waals surface area contributed by atoms with Crippen molar-refractivity contribution in [3.05, 3.63) is 63.3 Å². The Labute approximate surface area is 119 Å². The molecule has 1 atom stereocenters. The number of aromatic nitrogens is 2. The van der Waals surface area contributed by atoms with Crippen molar-refractivity contribution < 1.29 is 0 Å². The molecule has 1 aromatic heterocycles. The molecule has 0 bridgehead atoms. The van der Waals surface area contributed by atoms with Crippen molar-refractivity contribution in [3.63, 3.8) is 0 Å². The molecule has 1 aromatic carbocycles. The molecule has 2 N–H and O–H groups in total. The largest absolute Gasteiger partial charge is 0.322 e. The maximum absolute atomic E-state index is 12.0. The molecular weight excluding hydrogens is 250 g/mol. The third-order valence-electron chi connectivity index (χ3n) is 3.52. The van der Waals surface area contributed by atoms with Gasteiger partial charge in [0, 0.05) is 24.3 Å². The lowest BCUT2D eigenvalue weighted by atomic mass is 10.0. The number of nitrogens with zero attached hydrogens (tertiary/aromatic N) is 2. The Hall–Kier alpha value is -1.94. The average Bonchev–Trinajstić information content (AvgIpc) is 2.42. The van der Waals surface area contributed by atoms with Crippen LogP contribution in [0.5, 0.6) is 0 Å². The number of nitrogens with two attached hydrogens (primary N) is 1. The van der Waals surface area contributed by atoms with Crippen LogP contribution >= 0.6 is 0 Å². The van der Waals surface area contributed by atoms with Gasteiger partial charge in [-0.2, -0.15) is 0 Å². The van der Waals surface area contributed by atoms with Crippen LogP contribution in [0.2, 0.25) is 0 Å². The molecule has 0 saturated carbocycles. The summed E-state index contributed by atoms with van der Waals surface area (Å²) in [5.74, 6) is 0.704. The van der Waals surface area contributed by atoms with Gasteiger partial charge < -0.3 is 5.73 Å². The zero-order valence-electron chi connectivity index (χ0n) is 12.3. The lowest BCUT2D eigenvalue weighted by Crippen LogP contribution is -2.29. The second-order valence-corrected chi connectivity index (χ2v) is 5.10. The lowest BCUT2D eigenvalue weighted by molar-refractivity contribution is 0.538. The monoisotopic (exact) mass is 271 g/mol. The molecule has 0 amide bonds. The molecule has 2 aromatic rings. The van der Waals surface area contributed by atoms with E-state index in [0.29, 0.717) is 12.4 Å². The predicted octanol–water partition coefficient (Wildman–Crippen LogP) is 2.12. The van der Waals surface area contributed by atoms with Crippen LogP contribution < -0.4 is 11.3 Å². The van der Waals surface area contributed by atoms with Crippen LogP contribution in [0.4, 0.5) is 0 Å². The first-order valence-corrected chi connectivity index (χ1v) is 6.90. The highest BCUT2D eigenvalue weighted by molar-refractivity contribution is 5.24. The predicted molar refractivity (Wildman–Crippen MR) is 80.7 cm³/mol. The molecule has 106 valence electrons. The van der Waals surface area contributed by atoms with Crippen LogP contribution in [0, 0.1) is 13.8 Å². The number of aryl methyl sites for hydroxylation is 3. The van der Waals surface area contributed by atoms with E-state index in [2.05, 4.69) is 24.0 Å². The highest BCUT2D eigenvalue weighted by atomic mass is 16.1. The fourth-order valence-electron chi connectivity index (χ4n) is 2.29. The number of rotatable bonds is 4. The average molecular weight is 271 g/mol. The fraction of sp³-hybridized carbons (Fsp3) is 0.375. The molecule has 1 heterocycles. The highest BCUT2D eigenvalue weighted by Gasteiger charge is 2.10. The number of benzene rings is 1. The van der Waals surface area contributed by atoms with Crippen molar-refractivity contribution in [3.8, 4) is 0 Å². The SMILES string of the molecule is CCc1ccc(C(N)Cn2c(C)nc(C)cc2=O)cc1. The summed E-state index contributed by atoms with van der Waals surface area (Å²) in [7, 11) is 0. The molecule has 4 heteroatoms. The second kappa shape index (κ2) is 6.01. The van der Waals surface area contributed by atoms with Gasteiger partial charge >= 0.3 is 0 Å². The summed E-state index contributed by atoms with van der Waals surface area (Å²) in [5, 5.41) is 0. The van der Waals surface area contributed by atoms with E-state index in [-0.39, 0.29) is 11.6 Å². The quantitative estimate of drug-likeness (QED) is 0.926. The molecule has 0 aliphatic rings. The minimum atomic E-state index is -0.207. The first-order valence-electron chi connectivity index (χ1n) is 6.90. The van der Waals surface area contributed by atoms with Gasteiger partial charge in [-0.05, 0) is 31.4 Å². The lowest BCUT2D eigenvalue weighted by Gasteiger charge is -2.16. The molecule has 20 heavy (non-hydrogen) atoms. The Kier molecular flexibility index (Phi) is 4.35. The summed E-state index contributed by atoms with van der Waals surface area (Å²) in [6.45, 7) is 6.22. The van der Waals surface area contributed by atoms with E-state index in [4.69, 9.17) is 5.73 Å². The number of hydrogen-bond acceptors (Lipinski definition) is 3. The molecule has 0 radical (unpaired) electrons. The molecule has 0 aliphatic heterocycles. The van der Waals surface area contributed by atoms with Crippen molar-refractivity contribution in [2.45, 2.75) is 39.8 Å². The molecule has 4 nitrogen and oxygen atoms in total. The third kappa shape index (κ3) is 3.14. The van der Waals surface area contributed by atoms with E-state index in [9.17, 15) is 4.79 Å². The van der Waals surface area contributed by atoms with E-state index in [1.807, 2.05) is 26.0 Å².